The second-order valence-corrected chi connectivity index (χ2v) is 13.4. The third-order valence-corrected chi connectivity index (χ3v) is 10.5. The summed E-state index contributed by atoms with van der Waals surface area (Å²) in [6.45, 7) is 4.73. The molecule has 2 aliphatic rings. The van der Waals surface area contributed by atoms with Crippen molar-refractivity contribution in [2.24, 2.45) is 0 Å². The zero-order chi connectivity index (χ0) is 31.6. The van der Waals surface area contributed by atoms with Gasteiger partial charge in [0.2, 0.25) is 0 Å². The summed E-state index contributed by atoms with van der Waals surface area (Å²) in [5.74, 6) is 0. The van der Waals surface area contributed by atoms with Crippen LogP contribution in [0.4, 0.5) is 11.4 Å². The van der Waals surface area contributed by atoms with Crippen molar-refractivity contribution in [1.82, 2.24) is 0 Å². The molecule has 2 aliphatic carbocycles. The van der Waals surface area contributed by atoms with Gasteiger partial charge >= 0.3 is 0 Å². The number of anilines is 2. The van der Waals surface area contributed by atoms with Crippen LogP contribution in [0.15, 0.2) is 170 Å². The molecule has 1 N–H and O–H groups in total. The summed E-state index contributed by atoms with van der Waals surface area (Å²) in [5.41, 5.74) is 17.3. The first-order valence-corrected chi connectivity index (χ1v) is 16.5. The molecule has 1 nitrogen and oxygen atoms in total. The summed E-state index contributed by atoms with van der Waals surface area (Å²) >= 11 is 0. The lowest BCUT2D eigenvalue weighted by atomic mass is 9.67. The van der Waals surface area contributed by atoms with Crippen LogP contribution < -0.4 is 5.32 Å². The summed E-state index contributed by atoms with van der Waals surface area (Å²) < 4.78 is 0. The molecule has 7 aromatic rings. The Balaban J connectivity index is 1.24. The molecule has 7 aromatic carbocycles. The monoisotopic (exact) mass is 601 g/mol. The summed E-state index contributed by atoms with van der Waals surface area (Å²) in [6.07, 6.45) is 0. The Kier molecular flexibility index (Phi) is 6.14. The van der Waals surface area contributed by atoms with E-state index in [1.54, 1.807) is 0 Å². The summed E-state index contributed by atoms with van der Waals surface area (Å²) in [5, 5.41) is 3.95. The Morgan fingerprint density at radius 1 is 0.426 bits per heavy atom. The molecule has 0 atom stereocenters. The van der Waals surface area contributed by atoms with Crippen molar-refractivity contribution in [3.8, 4) is 33.4 Å². The van der Waals surface area contributed by atoms with E-state index in [0.29, 0.717) is 0 Å². The Morgan fingerprint density at radius 3 is 1.66 bits per heavy atom. The average molecular weight is 602 g/mol. The lowest BCUT2D eigenvalue weighted by Gasteiger charge is -2.34. The molecular weight excluding hydrogens is 567 g/mol. The SMILES string of the molecule is CC1(C)c2ccccc2-c2c(-c3ccccc3)ccc(Nc3cccc(C4(c5ccccc5)c5ccccc5-c5ccccc54)c3)c21. The van der Waals surface area contributed by atoms with Crippen molar-refractivity contribution in [1.29, 1.82) is 0 Å². The van der Waals surface area contributed by atoms with Gasteiger partial charge in [-0.2, -0.15) is 0 Å². The van der Waals surface area contributed by atoms with Crippen LogP contribution in [0.2, 0.25) is 0 Å². The summed E-state index contributed by atoms with van der Waals surface area (Å²) in [4.78, 5) is 0. The number of rotatable bonds is 5. The van der Waals surface area contributed by atoms with Crippen LogP contribution in [0.3, 0.4) is 0 Å². The van der Waals surface area contributed by atoms with Crippen LogP contribution in [0.25, 0.3) is 33.4 Å². The minimum absolute atomic E-state index is 0.161. The molecule has 9 rings (SSSR count). The van der Waals surface area contributed by atoms with Gasteiger partial charge in [-0.25, -0.2) is 0 Å². The second-order valence-electron chi connectivity index (χ2n) is 13.4. The number of fused-ring (bicyclic) bond motifs is 6. The van der Waals surface area contributed by atoms with Crippen LogP contribution in [-0.4, -0.2) is 0 Å². The molecule has 0 aliphatic heterocycles. The molecule has 0 fully saturated rings. The second kappa shape index (κ2) is 10.4. The average Bonchev–Trinajstić information content (AvgIpc) is 3.56. The minimum atomic E-state index is -0.430. The van der Waals surface area contributed by atoms with Crippen molar-refractivity contribution in [2.75, 3.05) is 5.32 Å². The first kappa shape index (κ1) is 27.6. The van der Waals surface area contributed by atoms with Crippen molar-refractivity contribution in [2.45, 2.75) is 24.7 Å². The van der Waals surface area contributed by atoms with Crippen molar-refractivity contribution in [3.05, 3.63) is 203 Å². The van der Waals surface area contributed by atoms with Crippen LogP contribution >= 0.6 is 0 Å². The predicted molar refractivity (Wildman–Crippen MR) is 196 cm³/mol. The molecule has 0 radical (unpaired) electrons. The number of nitrogens with one attached hydrogen (secondary N) is 1. The number of benzene rings is 7. The Bertz CT molecular complexity index is 2250. The van der Waals surface area contributed by atoms with Crippen molar-refractivity contribution < 1.29 is 0 Å². The smallest absolute Gasteiger partial charge is 0.0714 e. The molecule has 0 spiro atoms. The van der Waals surface area contributed by atoms with Gasteiger partial charge in [0.1, 0.15) is 0 Å². The highest BCUT2D eigenvalue weighted by molar-refractivity contribution is 5.96. The molecule has 0 aromatic heterocycles. The molecule has 0 amide bonds. The maximum atomic E-state index is 3.95. The molecule has 0 saturated carbocycles. The highest BCUT2D eigenvalue weighted by Crippen LogP contribution is 2.57. The third-order valence-electron chi connectivity index (χ3n) is 10.5. The normalized spacial score (nSPS) is 14.5. The quantitative estimate of drug-likeness (QED) is 0.207. The Labute approximate surface area is 277 Å². The first-order valence-electron chi connectivity index (χ1n) is 16.5. The van der Waals surface area contributed by atoms with E-state index in [1.807, 2.05) is 0 Å². The fourth-order valence-corrected chi connectivity index (χ4v) is 8.57. The molecule has 0 heterocycles. The van der Waals surface area contributed by atoms with E-state index in [2.05, 4.69) is 189 Å². The number of hydrogen-bond donors (Lipinski definition) is 1. The van der Waals surface area contributed by atoms with Gasteiger partial charge in [0.15, 0.2) is 0 Å². The van der Waals surface area contributed by atoms with Crippen LogP contribution in [-0.2, 0) is 10.8 Å². The molecule has 47 heavy (non-hydrogen) atoms. The zero-order valence-electron chi connectivity index (χ0n) is 26.7. The topological polar surface area (TPSA) is 12.0 Å². The van der Waals surface area contributed by atoms with Gasteiger partial charge in [0.25, 0.3) is 0 Å². The third kappa shape index (κ3) is 3.96. The van der Waals surface area contributed by atoms with E-state index in [1.165, 1.54) is 66.8 Å². The largest absolute Gasteiger partial charge is 0.355 e. The zero-order valence-corrected chi connectivity index (χ0v) is 26.7. The molecule has 0 unspecified atom stereocenters. The van der Waals surface area contributed by atoms with E-state index in [-0.39, 0.29) is 5.41 Å². The van der Waals surface area contributed by atoms with E-state index in [9.17, 15) is 0 Å². The first-order chi connectivity index (χ1) is 23.1. The van der Waals surface area contributed by atoms with Crippen LogP contribution in [0, 0.1) is 0 Å². The minimum Gasteiger partial charge on any atom is -0.355 e. The molecule has 224 valence electrons. The van der Waals surface area contributed by atoms with E-state index < -0.39 is 5.41 Å². The van der Waals surface area contributed by atoms with Crippen LogP contribution in [0.5, 0.6) is 0 Å². The van der Waals surface area contributed by atoms with Gasteiger partial charge in [-0.05, 0) is 85.0 Å². The molecule has 0 saturated heterocycles. The fraction of sp³-hybridized carbons (Fsp3) is 0.0870. The summed E-state index contributed by atoms with van der Waals surface area (Å²) in [7, 11) is 0. The van der Waals surface area contributed by atoms with Gasteiger partial charge < -0.3 is 5.32 Å². The van der Waals surface area contributed by atoms with Gasteiger partial charge in [0.05, 0.1) is 5.41 Å². The highest BCUT2D eigenvalue weighted by atomic mass is 14.9. The van der Waals surface area contributed by atoms with E-state index >= 15 is 0 Å². The number of hydrogen-bond acceptors (Lipinski definition) is 1. The molecule has 1 heteroatoms. The van der Waals surface area contributed by atoms with E-state index in [4.69, 9.17) is 0 Å². The lowest BCUT2D eigenvalue weighted by molar-refractivity contribution is 0.662. The lowest BCUT2D eigenvalue weighted by Crippen LogP contribution is -2.28. The molecule has 0 bridgehead atoms. The van der Waals surface area contributed by atoms with Gasteiger partial charge in [-0.1, -0.05) is 166 Å². The van der Waals surface area contributed by atoms with E-state index in [0.717, 1.165) is 11.4 Å². The van der Waals surface area contributed by atoms with Gasteiger partial charge in [0, 0.05) is 16.8 Å². The maximum absolute atomic E-state index is 3.95. The highest BCUT2D eigenvalue weighted by Gasteiger charge is 2.46. The molecular formula is C46H35N. The van der Waals surface area contributed by atoms with Gasteiger partial charge in [-0.15, -0.1) is 0 Å². The van der Waals surface area contributed by atoms with Crippen molar-refractivity contribution in [3.63, 3.8) is 0 Å². The predicted octanol–water partition coefficient (Wildman–Crippen LogP) is 11.8. The van der Waals surface area contributed by atoms with Crippen LogP contribution in [0.1, 0.15) is 47.2 Å². The fourth-order valence-electron chi connectivity index (χ4n) is 8.57. The standard InChI is InChI=1S/C46H35N/c1-45(2)39-25-12-11-24-38(39)43-35(31-16-5-3-6-17-31)28-29-42(44(43)45)47-34-21-15-20-33(30-34)46(32-18-7-4-8-19-32)40-26-13-9-22-36(40)37-23-10-14-27-41(37)46/h3-30,47H,1-2H3. The Hall–Kier alpha value is -5.66. The van der Waals surface area contributed by atoms with Crippen molar-refractivity contribution >= 4 is 11.4 Å². The maximum Gasteiger partial charge on any atom is 0.0714 e. The Morgan fingerprint density at radius 2 is 0.979 bits per heavy atom. The van der Waals surface area contributed by atoms with Gasteiger partial charge in [-0.3, -0.25) is 0 Å². The summed E-state index contributed by atoms with van der Waals surface area (Å²) in [6, 6.07) is 62.3.